The first-order valence-electron chi connectivity index (χ1n) is 3.98. The molecule has 0 aliphatic rings. The number of hydrogen-bond acceptors (Lipinski definition) is 5. The van der Waals surface area contributed by atoms with E-state index in [2.05, 4.69) is 0 Å². The molecule has 10 heteroatoms. The van der Waals surface area contributed by atoms with E-state index < -0.39 is 38.3 Å². The SMILES string of the molecule is O=C(O)CNS(=O)(=O)c1cc(Cl)sc1C(=O)O. The van der Waals surface area contributed by atoms with Gasteiger partial charge in [0.2, 0.25) is 10.0 Å². The molecular formula is C7H6ClNO6S2. The molecule has 0 atom stereocenters. The quantitative estimate of drug-likeness (QED) is 0.726. The van der Waals surface area contributed by atoms with Crippen LogP contribution in [0.25, 0.3) is 0 Å². The summed E-state index contributed by atoms with van der Waals surface area (Å²) in [4.78, 5) is 20.0. The molecule has 7 nitrogen and oxygen atoms in total. The van der Waals surface area contributed by atoms with E-state index >= 15 is 0 Å². The second-order valence-electron chi connectivity index (χ2n) is 2.77. The van der Waals surface area contributed by atoms with Gasteiger partial charge in [0, 0.05) is 0 Å². The lowest BCUT2D eigenvalue weighted by Gasteiger charge is -2.03. The standard InChI is InChI=1S/C7H6ClNO6S2/c8-4-1-3(6(16-4)7(12)13)17(14,15)9-2-5(10)11/h1,9H,2H2,(H,10,11)(H,12,13). The van der Waals surface area contributed by atoms with Crippen LogP contribution in [0.1, 0.15) is 9.67 Å². The summed E-state index contributed by atoms with van der Waals surface area (Å²) in [6, 6.07) is 0.958. The number of halogens is 1. The summed E-state index contributed by atoms with van der Waals surface area (Å²) in [6.07, 6.45) is 0. The van der Waals surface area contributed by atoms with Crippen molar-refractivity contribution < 1.29 is 28.2 Å². The van der Waals surface area contributed by atoms with Gasteiger partial charge in [-0.1, -0.05) is 11.6 Å². The summed E-state index contributed by atoms with van der Waals surface area (Å²) in [6.45, 7) is -0.838. The fourth-order valence-corrected chi connectivity index (χ4v) is 3.56. The van der Waals surface area contributed by atoms with Crippen LogP contribution in [-0.4, -0.2) is 37.1 Å². The lowest BCUT2D eigenvalue weighted by molar-refractivity contribution is -0.135. The monoisotopic (exact) mass is 299 g/mol. The maximum Gasteiger partial charge on any atom is 0.347 e. The Kier molecular flexibility index (Phi) is 4.09. The molecule has 0 spiro atoms. The zero-order valence-corrected chi connectivity index (χ0v) is 10.4. The van der Waals surface area contributed by atoms with Crippen LogP contribution in [0.2, 0.25) is 4.34 Å². The van der Waals surface area contributed by atoms with Crippen LogP contribution in [0.15, 0.2) is 11.0 Å². The fraction of sp³-hybridized carbons (Fsp3) is 0.143. The smallest absolute Gasteiger partial charge is 0.347 e. The Balaban J connectivity index is 3.14. The molecule has 3 N–H and O–H groups in total. The number of carbonyl (C=O) groups is 2. The van der Waals surface area contributed by atoms with Gasteiger partial charge in [0.05, 0.1) is 4.34 Å². The Morgan fingerprint density at radius 3 is 2.47 bits per heavy atom. The zero-order chi connectivity index (χ0) is 13.2. The van der Waals surface area contributed by atoms with Crippen LogP contribution in [-0.2, 0) is 14.8 Å². The Morgan fingerprint density at radius 1 is 1.41 bits per heavy atom. The van der Waals surface area contributed by atoms with Gasteiger partial charge < -0.3 is 10.2 Å². The summed E-state index contributed by atoms with van der Waals surface area (Å²) in [5.41, 5.74) is 0. The van der Waals surface area contributed by atoms with Gasteiger partial charge in [0.1, 0.15) is 16.3 Å². The molecule has 0 aliphatic heterocycles. The van der Waals surface area contributed by atoms with Gasteiger partial charge >= 0.3 is 11.9 Å². The number of nitrogens with one attached hydrogen (secondary N) is 1. The lowest BCUT2D eigenvalue weighted by atomic mass is 10.5. The summed E-state index contributed by atoms with van der Waals surface area (Å²) in [5, 5.41) is 17.1. The predicted molar refractivity (Wildman–Crippen MR) is 59.1 cm³/mol. The molecule has 94 valence electrons. The minimum atomic E-state index is -4.20. The molecule has 1 rings (SSSR count). The molecule has 0 saturated heterocycles. The Labute approximate surface area is 105 Å². The van der Waals surface area contributed by atoms with Gasteiger partial charge in [0.15, 0.2) is 0 Å². The molecule has 1 heterocycles. The van der Waals surface area contributed by atoms with Crippen LogP contribution >= 0.6 is 22.9 Å². The molecule has 0 bridgehead atoms. The topological polar surface area (TPSA) is 121 Å². The third-order valence-corrected chi connectivity index (χ3v) is 4.37. The minimum absolute atomic E-state index is 0.0156. The van der Waals surface area contributed by atoms with E-state index in [1.807, 2.05) is 0 Å². The maximum atomic E-state index is 11.6. The highest BCUT2D eigenvalue weighted by atomic mass is 35.5. The molecule has 0 unspecified atom stereocenters. The van der Waals surface area contributed by atoms with Crippen molar-refractivity contribution in [2.45, 2.75) is 4.90 Å². The zero-order valence-electron chi connectivity index (χ0n) is 8.01. The molecule has 1 aromatic rings. The second kappa shape index (κ2) is 5.00. The van der Waals surface area contributed by atoms with Gasteiger partial charge in [-0.25, -0.2) is 13.2 Å². The average molecular weight is 300 g/mol. The number of sulfonamides is 1. The summed E-state index contributed by atoms with van der Waals surface area (Å²) < 4.78 is 24.9. The number of rotatable bonds is 5. The van der Waals surface area contributed by atoms with Gasteiger partial charge in [-0.3, -0.25) is 4.79 Å². The highest BCUT2D eigenvalue weighted by molar-refractivity contribution is 7.89. The van der Waals surface area contributed by atoms with Gasteiger partial charge in [-0.05, 0) is 6.07 Å². The summed E-state index contributed by atoms with van der Waals surface area (Å²) in [5.74, 6) is -2.83. The van der Waals surface area contributed by atoms with E-state index in [1.54, 1.807) is 4.72 Å². The van der Waals surface area contributed by atoms with Gasteiger partial charge in [0.25, 0.3) is 0 Å². The maximum absolute atomic E-state index is 11.6. The molecule has 0 amide bonds. The molecular weight excluding hydrogens is 294 g/mol. The number of thiophene rings is 1. The number of carboxylic acid groups (broad SMARTS) is 2. The van der Waals surface area contributed by atoms with E-state index in [9.17, 15) is 18.0 Å². The molecule has 0 aromatic carbocycles. The molecule has 0 fully saturated rings. The average Bonchev–Trinajstić information content (AvgIpc) is 2.58. The molecule has 1 aromatic heterocycles. The summed E-state index contributed by atoms with van der Waals surface area (Å²) in [7, 11) is -4.20. The first kappa shape index (κ1) is 13.9. The lowest BCUT2D eigenvalue weighted by Crippen LogP contribution is -2.30. The van der Waals surface area contributed by atoms with E-state index in [0.29, 0.717) is 11.3 Å². The Hall–Kier alpha value is -1.16. The van der Waals surface area contributed by atoms with Crippen molar-refractivity contribution in [3.63, 3.8) is 0 Å². The minimum Gasteiger partial charge on any atom is -0.480 e. The first-order valence-corrected chi connectivity index (χ1v) is 6.66. The number of carboxylic acids is 2. The van der Waals surface area contributed by atoms with Gasteiger partial charge in [-0.2, -0.15) is 4.72 Å². The molecule has 0 aliphatic carbocycles. The van der Waals surface area contributed by atoms with Crippen LogP contribution in [0, 0.1) is 0 Å². The molecule has 0 radical (unpaired) electrons. The summed E-state index contributed by atoms with van der Waals surface area (Å²) >= 11 is 6.11. The molecule has 0 saturated carbocycles. The van der Waals surface area contributed by atoms with Crippen LogP contribution < -0.4 is 4.72 Å². The van der Waals surface area contributed by atoms with E-state index in [-0.39, 0.29) is 4.34 Å². The molecule has 17 heavy (non-hydrogen) atoms. The van der Waals surface area contributed by atoms with E-state index in [4.69, 9.17) is 21.8 Å². The Bertz CT molecular complexity index is 563. The Morgan fingerprint density at radius 2 is 2.00 bits per heavy atom. The van der Waals surface area contributed by atoms with Crippen molar-refractivity contribution in [3.8, 4) is 0 Å². The van der Waals surface area contributed by atoms with Crippen molar-refractivity contribution in [1.29, 1.82) is 0 Å². The van der Waals surface area contributed by atoms with Crippen molar-refractivity contribution in [2.24, 2.45) is 0 Å². The third kappa shape index (κ3) is 3.40. The predicted octanol–water partition coefficient (Wildman–Crippen LogP) is 0.463. The normalized spacial score (nSPS) is 11.4. The highest BCUT2D eigenvalue weighted by Gasteiger charge is 2.25. The van der Waals surface area contributed by atoms with E-state index in [1.165, 1.54) is 0 Å². The van der Waals surface area contributed by atoms with Crippen molar-refractivity contribution in [1.82, 2.24) is 4.72 Å². The fourth-order valence-electron chi connectivity index (χ4n) is 0.929. The largest absolute Gasteiger partial charge is 0.480 e. The van der Waals surface area contributed by atoms with Crippen molar-refractivity contribution in [3.05, 3.63) is 15.3 Å². The highest BCUT2D eigenvalue weighted by Crippen LogP contribution is 2.29. The number of aromatic carboxylic acids is 1. The van der Waals surface area contributed by atoms with Gasteiger partial charge in [-0.15, -0.1) is 11.3 Å². The van der Waals surface area contributed by atoms with Crippen molar-refractivity contribution >= 4 is 44.9 Å². The second-order valence-corrected chi connectivity index (χ2v) is 6.19. The number of aliphatic carboxylic acids is 1. The first-order chi connectivity index (χ1) is 7.74. The number of hydrogen-bond donors (Lipinski definition) is 3. The van der Waals surface area contributed by atoms with Crippen LogP contribution in [0.4, 0.5) is 0 Å². The van der Waals surface area contributed by atoms with E-state index in [0.717, 1.165) is 6.07 Å². The van der Waals surface area contributed by atoms with Crippen molar-refractivity contribution in [2.75, 3.05) is 6.54 Å². The van der Waals surface area contributed by atoms with Crippen LogP contribution in [0.5, 0.6) is 0 Å². The van der Waals surface area contributed by atoms with Crippen LogP contribution in [0.3, 0.4) is 0 Å². The third-order valence-electron chi connectivity index (χ3n) is 1.57.